The number of aromatic nitrogens is 2. The van der Waals surface area contributed by atoms with Crippen LogP contribution in [0.2, 0.25) is 5.02 Å². The second-order valence-electron chi connectivity index (χ2n) is 6.57. The van der Waals surface area contributed by atoms with Gasteiger partial charge in [0.25, 0.3) is 5.91 Å². The van der Waals surface area contributed by atoms with E-state index in [1.165, 1.54) is 5.56 Å². The Morgan fingerprint density at radius 1 is 1.04 bits per heavy atom. The maximum atomic E-state index is 12.5. The van der Waals surface area contributed by atoms with Crippen LogP contribution in [0.5, 0.6) is 0 Å². The van der Waals surface area contributed by atoms with E-state index in [-0.39, 0.29) is 5.91 Å². The molecule has 0 unspecified atom stereocenters. The Hall–Kier alpha value is -2.92. The Balaban J connectivity index is 1.53. The predicted molar refractivity (Wildman–Crippen MR) is 113 cm³/mol. The molecule has 0 bridgehead atoms. The Kier molecular flexibility index (Phi) is 6.98. The zero-order valence-electron chi connectivity index (χ0n) is 15.8. The average molecular weight is 395 g/mol. The number of halogens is 1. The van der Waals surface area contributed by atoms with Crippen LogP contribution in [0.4, 0.5) is 5.82 Å². The summed E-state index contributed by atoms with van der Waals surface area (Å²) in [6.07, 6.45) is 6.88. The minimum Gasteiger partial charge on any atom is -0.359 e. The molecule has 1 N–H and O–H groups in total. The Bertz CT molecular complexity index is 917. The summed E-state index contributed by atoms with van der Waals surface area (Å²) in [6, 6.07) is 15.2. The highest BCUT2D eigenvalue weighted by atomic mass is 35.5. The van der Waals surface area contributed by atoms with Gasteiger partial charge < -0.3 is 10.2 Å². The fourth-order valence-corrected chi connectivity index (χ4v) is 3.06. The van der Waals surface area contributed by atoms with Crippen LogP contribution >= 0.6 is 11.6 Å². The molecule has 1 aromatic carbocycles. The molecule has 0 aliphatic rings. The molecule has 5 nitrogen and oxygen atoms in total. The molecule has 0 spiro atoms. The van der Waals surface area contributed by atoms with Crippen LogP contribution < -0.4 is 10.2 Å². The molecular formula is C22H23ClN4O. The van der Waals surface area contributed by atoms with Crippen LogP contribution in [0.15, 0.2) is 67.1 Å². The van der Waals surface area contributed by atoms with Gasteiger partial charge >= 0.3 is 0 Å². The fraction of sp³-hybridized carbons (Fsp3) is 0.227. The molecule has 3 aromatic rings. The van der Waals surface area contributed by atoms with Gasteiger partial charge in [0.1, 0.15) is 5.82 Å². The van der Waals surface area contributed by atoms with E-state index in [1.54, 1.807) is 24.7 Å². The van der Waals surface area contributed by atoms with Gasteiger partial charge in [-0.3, -0.25) is 9.78 Å². The first kappa shape index (κ1) is 19.8. The number of amides is 1. The number of hydrogen-bond donors (Lipinski definition) is 1. The summed E-state index contributed by atoms with van der Waals surface area (Å²) in [5, 5.41) is 3.66. The zero-order valence-corrected chi connectivity index (χ0v) is 16.6. The maximum Gasteiger partial charge on any atom is 0.251 e. The molecule has 0 radical (unpaired) electrons. The number of nitrogens with zero attached hydrogens (tertiary/aromatic N) is 3. The minimum absolute atomic E-state index is 0.104. The second-order valence-corrected chi connectivity index (χ2v) is 7.00. The minimum atomic E-state index is -0.104. The summed E-state index contributed by atoms with van der Waals surface area (Å²) in [7, 11) is 1.98. The van der Waals surface area contributed by atoms with Gasteiger partial charge in [0.2, 0.25) is 0 Å². The average Bonchev–Trinajstić information content (AvgIpc) is 2.73. The maximum absolute atomic E-state index is 12.5. The summed E-state index contributed by atoms with van der Waals surface area (Å²) in [5.41, 5.74) is 2.92. The quantitative estimate of drug-likeness (QED) is 0.631. The molecule has 2 aromatic heterocycles. The summed E-state index contributed by atoms with van der Waals surface area (Å²) in [4.78, 5) is 22.9. The number of rotatable bonds is 8. The van der Waals surface area contributed by atoms with Gasteiger partial charge in [-0.05, 0) is 60.4 Å². The lowest BCUT2D eigenvalue weighted by atomic mass is 10.1. The van der Waals surface area contributed by atoms with Crippen LogP contribution in [0.25, 0.3) is 0 Å². The van der Waals surface area contributed by atoms with Crippen molar-refractivity contribution in [2.24, 2.45) is 0 Å². The summed E-state index contributed by atoms with van der Waals surface area (Å²) in [6.45, 7) is 1.35. The van der Waals surface area contributed by atoms with Gasteiger partial charge in [0.15, 0.2) is 0 Å². The Morgan fingerprint density at radius 3 is 2.64 bits per heavy atom. The first-order valence-electron chi connectivity index (χ1n) is 9.20. The molecule has 0 saturated heterocycles. The molecular weight excluding hydrogens is 372 g/mol. The van der Waals surface area contributed by atoms with E-state index >= 15 is 0 Å². The normalized spacial score (nSPS) is 10.5. The van der Waals surface area contributed by atoms with Crippen molar-refractivity contribution < 1.29 is 4.79 Å². The summed E-state index contributed by atoms with van der Waals surface area (Å²) < 4.78 is 0. The number of likely N-dealkylation sites (N-methyl/N-ethyl adjacent to an activating group) is 1. The topological polar surface area (TPSA) is 58.1 Å². The lowest BCUT2D eigenvalue weighted by molar-refractivity contribution is 0.0954. The van der Waals surface area contributed by atoms with Gasteiger partial charge in [-0.15, -0.1) is 0 Å². The monoisotopic (exact) mass is 394 g/mol. The number of nitrogens with one attached hydrogen (secondary N) is 1. The van der Waals surface area contributed by atoms with Gasteiger partial charge in [0.05, 0.1) is 0 Å². The largest absolute Gasteiger partial charge is 0.359 e. The lowest BCUT2D eigenvalue weighted by Crippen LogP contribution is -2.27. The van der Waals surface area contributed by atoms with Crippen LogP contribution in [0.3, 0.4) is 0 Å². The van der Waals surface area contributed by atoms with Crippen molar-refractivity contribution in [2.45, 2.75) is 12.8 Å². The summed E-state index contributed by atoms with van der Waals surface area (Å²) in [5.74, 6) is 0.671. The summed E-state index contributed by atoms with van der Waals surface area (Å²) >= 11 is 5.99. The van der Waals surface area contributed by atoms with Crippen LogP contribution in [0, 0.1) is 0 Å². The number of carbonyl (C=O) groups is 1. The molecule has 0 aliphatic heterocycles. The standard InChI is InChI=1S/C22H23ClN4O/c1-27(14-9-17-5-10-24-11-6-17)21-16-19(8-13-25-21)22(28)26-12-7-18-3-2-4-20(23)15-18/h2-6,8,10-11,13,15-16H,7,9,12,14H2,1H3,(H,26,28). The molecule has 28 heavy (non-hydrogen) atoms. The van der Waals surface area contributed by atoms with Gasteiger partial charge in [-0.1, -0.05) is 23.7 Å². The number of benzene rings is 1. The smallest absolute Gasteiger partial charge is 0.251 e. The van der Waals surface area contributed by atoms with E-state index in [0.29, 0.717) is 17.1 Å². The third kappa shape index (κ3) is 5.79. The van der Waals surface area contributed by atoms with Crippen LogP contribution in [0.1, 0.15) is 21.5 Å². The van der Waals surface area contributed by atoms with Gasteiger partial charge in [-0.2, -0.15) is 0 Å². The Morgan fingerprint density at radius 2 is 1.86 bits per heavy atom. The molecule has 0 fully saturated rings. The van der Waals surface area contributed by atoms with Crippen LogP contribution in [-0.2, 0) is 12.8 Å². The van der Waals surface area contributed by atoms with Crippen molar-refractivity contribution in [1.82, 2.24) is 15.3 Å². The molecule has 144 valence electrons. The zero-order chi connectivity index (χ0) is 19.8. The van der Waals surface area contributed by atoms with Crippen molar-refractivity contribution in [2.75, 3.05) is 25.0 Å². The lowest BCUT2D eigenvalue weighted by Gasteiger charge is -2.18. The number of hydrogen-bond acceptors (Lipinski definition) is 4. The highest BCUT2D eigenvalue weighted by Crippen LogP contribution is 2.13. The predicted octanol–water partition coefficient (Wildman–Crippen LogP) is 3.78. The molecule has 0 atom stereocenters. The Labute approximate surface area is 170 Å². The van der Waals surface area contributed by atoms with E-state index in [4.69, 9.17) is 11.6 Å². The van der Waals surface area contributed by atoms with Crippen molar-refractivity contribution in [3.8, 4) is 0 Å². The molecule has 3 rings (SSSR count). The highest BCUT2D eigenvalue weighted by molar-refractivity contribution is 6.30. The first-order chi connectivity index (χ1) is 13.6. The number of anilines is 1. The SMILES string of the molecule is CN(CCc1ccncc1)c1cc(C(=O)NCCc2cccc(Cl)c2)ccn1. The molecule has 0 saturated carbocycles. The third-order valence-corrected chi connectivity index (χ3v) is 4.71. The third-order valence-electron chi connectivity index (χ3n) is 4.47. The van der Waals surface area contributed by atoms with Crippen LogP contribution in [-0.4, -0.2) is 36.0 Å². The fourth-order valence-electron chi connectivity index (χ4n) is 2.84. The highest BCUT2D eigenvalue weighted by Gasteiger charge is 2.09. The molecule has 1 amide bonds. The van der Waals surface area contributed by atoms with Gasteiger partial charge in [-0.25, -0.2) is 4.98 Å². The van der Waals surface area contributed by atoms with Crippen molar-refractivity contribution in [3.05, 3.63) is 88.8 Å². The second kappa shape index (κ2) is 9.85. The first-order valence-corrected chi connectivity index (χ1v) is 9.58. The molecule has 0 aliphatic carbocycles. The van der Waals surface area contributed by atoms with E-state index in [9.17, 15) is 4.79 Å². The molecule has 2 heterocycles. The number of pyridine rings is 2. The van der Waals surface area contributed by atoms with Crippen molar-refractivity contribution >= 4 is 23.3 Å². The van der Waals surface area contributed by atoms with Crippen molar-refractivity contribution in [3.63, 3.8) is 0 Å². The van der Waals surface area contributed by atoms with Crippen molar-refractivity contribution in [1.29, 1.82) is 0 Å². The van der Waals surface area contributed by atoms with E-state index < -0.39 is 0 Å². The van der Waals surface area contributed by atoms with Gasteiger partial charge in [0, 0.05) is 49.3 Å². The number of carbonyl (C=O) groups excluding carboxylic acids is 1. The van der Waals surface area contributed by atoms with E-state index in [0.717, 1.165) is 30.8 Å². The van der Waals surface area contributed by atoms with E-state index in [2.05, 4.69) is 15.3 Å². The molecule has 6 heteroatoms. The van der Waals surface area contributed by atoms with E-state index in [1.807, 2.05) is 54.4 Å².